The summed E-state index contributed by atoms with van der Waals surface area (Å²) in [6.07, 6.45) is 1.84. The smallest absolute Gasteiger partial charge is 0.262 e. The zero-order valence-corrected chi connectivity index (χ0v) is 9.95. The van der Waals surface area contributed by atoms with Crippen molar-refractivity contribution < 1.29 is 19.5 Å². The van der Waals surface area contributed by atoms with Crippen LogP contribution in [-0.2, 0) is 4.79 Å². The number of hydrogen-bond acceptors (Lipinski definition) is 4. The Morgan fingerprint density at radius 1 is 1.05 bits per heavy atom. The monoisotopic (exact) mass is 257 g/mol. The molecule has 2 aliphatic rings. The van der Waals surface area contributed by atoms with Crippen LogP contribution in [0.3, 0.4) is 0 Å². The number of amides is 2. The molecule has 1 aliphatic heterocycles. The van der Waals surface area contributed by atoms with Gasteiger partial charge in [0.05, 0.1) is 17.2 Å². The molecule has 0 bridgehead atoms. The minimum Gasteiger partial charge on any atom is -0.389 e. The fourth-order valence-corrected chi connectivity index (χ4v) is 2.46. The van der Waals surface area contributed by atoms with Gasteiger partial charge in [-0.15, -0.1) is 0 Å². The summed E-state index contributed by atoms with van der Waals surface area (Å²) >= 11 is 0. The first-order valence-corrected chi connectivity index (χ1v) is 5.96. The summed E-state index contributed by atoms with van der Waals surface area (Å²) in [5.41, 5.74) is 0.619. The van der Waals surface area contributed by atoms with Crippen LogP contribution >= 0.6 is 0 Å². The van der Waals surface area contributed by atoms with E-state index in [9.17, 15) is 19.5 Å². The van der Waals surface area contributed by atoms with Crippen molar-refractivity contribution in [2.24, 2.45) is 0 Å². The topological polar surface area (TPSA) is 74.7 Å². The summed E-state index contributed by atoms with van der Waals surface area (Å²) in [6.45, 7) is 0. The number of rotatable bonds is 1. The van der Waals surface area contributed by atoms with E-state index >= 15 is 0 Å². The number of imide groups is 1. The Morgan fingerprint density at radius 2 is 1.63 bits per heavy atom. The van der Waals surface area contributed by atoms with Crippen LogP contribution < -0.4 is 0 Å². The lowest BCUT2D eigenvalue weighted by Crippen LogP contribution is -2.47. The van der Waals surface area contributed by atoms with Gasteiger partial charge in [0, 0.05) is 6.42 Å². The van der Waals surface area contributed by atoms with Gasteiger partial charge in [0.25, 0.3) is 11.8 Å². The van der Waals surface area contributed by atoms with Crippen LogP contribution in [0.1, 0.15) is 27.1 Å². The third-order valence-electron chi connectivity index (χ3n) is 3.41. The first-order chi connectivity index (χ1) is 9.09. The number of ketones is 1. The second-order valence-electron chi connectivity index (χ2n) is 4.61. The quantitative estimate of drug-likeness (QED) is 0.745. The Morgan fingerprint density at radius 3 is 2.21 bits per heavy atom. The van der Waals surface area contributed by atoms with Gasteiger partial charge in [0.2, 0.25) is 0 Å². The largest absolute Gasteiger partial charge is 0.389 e. The van der Waals surface area contributed by atoms with Crippen molar-refractivity contribution in [3.8, 4) is 0 Å². The fourth-order valence-electron chi connectivity index (χ4n) is 2.46. The molecule has 0 aromatic heterocycles. The van der Waals surface area contributed by atoms with Crippen molar-refractivity contribution in [2.75, 3.05) is 0 Å². The molecule has 0 spiro atoms. The van der Waals surface area contributed by atoms with Gasteiger partial charge >= 0.3 is 0 Å². The molecule has 19 heavy (non-hydrogen) atoms. The third-order valence-corrected chi connectivity index (χ3v) is 3.41. The van der Waals surface area contributed by atoms with Gasteiger partial charge in [-0.25, -0.2) is 0 Å². The molecule has 2 atom stereocenters. The van der Waals surface area contributed by atoms with Gasteiger partial charge in [0.1, 0.15) is 6.04 Å². The van der Waals surface area contributed by atoms with Crippen molar-refractivity contribution in [2.45, 2.75) is 18.6 Å². The summed E-state index contributed by atoms with van der Waals surface area (Å²) < 4.78 is 0. The minimum absolute atomic E-state index is 0.0564. The van der Waals surface area contributed by atoms with Gasteiger partial charge < -0.3 is 5.11 Å². The third kappa shape index (κ3) is 1.70. The molecule has 2 amide bonds. The minimum atomic E-state index is -0.910. The van der Waals surface area contributed by atoms with Crippen LogP contribution in [0, 0.1) is 0 Å². The van der Waals surface area contributed by atoms with Gasteiger partial charge in [0.15, 0.2) is 5.78 Å². The summed E-state index contributed by atoms with van der Waals surface area (Å²) in [6, 6.07) is 5.56. The van der Waals surface area contributed by atoms with E-state index in [1.54, 1.807) is 24.3 Å². The van der Waals surface area contributed by atoms with Crippen molar-refractivity contribution in [3.05, 3.63) is 47.5 Å². The number of aliphatic hydroxyl groups excluding tert-OH is 1. The first kappa shape index (κ1) is 11.8. The highest BCUT2D eigenvalue weighted by Crippen LogP contribution is 2.27. The van der Waals surface area contributed by atoms with Gasteiger partial charge in [-0.05, 0) is 18.2 Å². The van der Waals surface area contributed by atoms with E-state index in [0.29, 0.717) is 11.1 Å². The molecule has 0 saturated heterocycles. The van der Waals surface area contributed by atoms with Crippen molar-refractivity contribution in [1.82, 2.24) is 4.90 Å². The Kier molecular flexibility index (Phi) is 2.57. The normalized spacial score (nSPS) is 25.9. The number of carbonyl (C=O) groups is 3. The molecule has 1 aromatic rings. The first-order valence-electron chi connectivity index (χ1n) is 5.96. The average molecular weight is 257 g/mol. The van der Waals surface area contributed by atoms with E-state index in [4.69, 9.17) is 0 Å². The van der Waals surface area contributed by atoms with E-state index < -0.39 is 24.0 Å². The maximum atomic E-state index is 12.2. The van der Waals surface area contributed by atoms with E-state index in [1.165, 1.54) is 12.2 Å². The zero-order valence-electron chi connectivity index (χ0n) is 9.95. The number of carbonyl (C=O) groups excluding carboxylic acids is 3. The highest BCUT2D eigenvalue weighted by atomic mass is 16.3. The SMILES string of the molecule is O=C1C=C[C@H](O)C[C@@H]1N1C(=O)c2ccccc2C1=O. The molecule has 5 heteroatoms. The number of benzene rings is 1. The molecule has 96 valence electrons. The second-order valence-corrected chi connectivity index (χ2v) is 4.61. The molecular formula is C14H11NO4. The molecule has 1 aliphatic carbocycles. The highest BCUT2D eigenvalue weighted by Gasteiger charge is 2.43. The van der Waals surface area contributed by atoms with Crippen LogP contribution in [0.4, 0.5) is 0 Å². The Hall–Kier alpha value is -2.27. The highest BCUT2D eigenvalue weighted by molar-refractivity contribution is 6.23. The molecular weight excluding hydrogens is 246 g/mol. The molecule has 0 fully saturated rings. The van der Waals surface area contributed by atoms with E-state index in [1.807, 2.05) is 0 Å². The number of hydrogen-bond donors (Lipinski definition) is 1. The van der Waals surface area contributed by atoms with Crippen molar-refractivity contribution in [3.63, 3.8) is 0 Å². The maximum Gasteiger partial charge on any atom is 0.262 e. The average Bonchev–Trinajstić information content (AvgIpc) is 2.66. The predicted molar refractivity (Wildman–Crippen MR) is 65.5 cm³/mol. The van der Waals surface area contributed by atoms with Gasteiger partial charge in [-0.2, -0.15) is 0 Å². The standard InChI is InChI=1S/C14H11NO4/c16-8-5-6-12(17)11(7-8)15-13(18)9-3-1-2-4-10(9)14(15)19/h1-6,8,11,16H,7H2/t8-,11-/m0/s1. The van der Waals surface area contributed by atoms with Crippen molar-refractivity contribution >= 4 is 17.6 Å². The Labute approximate surface area is 109 Å². The summed E-state index contributed by atoms with van der Waals surface area (Å²) in [5.74, 6) is -1.28. The van der Waals surface area contributed by atoms with E-state index in [-0.39, 0.29) is 12.2 Å². The van der Waals surface area contributed by atoms with Gasteiger partial charge in [-0.3, -0.25) is 19.3 Å². The number of fused-ring (bicyclic) bond motifs is 1. The summed E-state index contributed by atoms with van der Waals surface area (Å²) in [7, 11) is 0. The van der Waals surface area contributed by atoms with Gasteiger partial charge in [-0.1, -0.05) is 18.2 Å². The lowest BCUT2D eigenvalue weighted by atomic mass is 9.97. The Bertz CT molecular complexity index is 585. The number of aliphatic hydroxyl groups is 1. The van der Waals surface area contributed by atoms with Crippen LogP contribution in [0.5, 0.6) is 0 Å². The lowest BCUT2D eigenvalue weighted by molar-refractivity contribution is -0.119. The molecule has 5 nitrogen and oxygen atoms in total. The summed E-state index contributed by atoms with van der Waals surface area (Å²) in [5, 5.41) is 9.56. The van der Waals surface area contributed by atoms with Crippen molar-refractivity contribution in [1.29, 1.82) is 0 Å². The zero-order chi connectivity index (χ0) is 13.6. The molecule has 1 N–H and O–H groups in total. The number of nitrogens with zero attached hydrogens (tertiary/aromatic N) is 1. The van der Waals surface area contributed by atoms with E-state index in [2.05, 4.69) is 0 Å². The van der Waals surface area contributed by atoms with Crippen LogP contribution in [-0.4, -0.2) is 39.7 Å². The molecule has 0 saturated carbocycles. The molecule has 0 radical (unpaired) electrons. The summed E-state index contributed by atoms with van der Waals surface area (Å²) in [4.78, 5) is 37.2. The van der Waals surface area contributed by atoms with E-state index in [0.717, 1.165) is 4.90 Å². The molecule has 1 aromatic carbocycles. The van der Waals surface area contributed by atoms with Crippen LogP contribution in [0.25, 0.3) is 0 Å². The maximum absolute atomic E-state index is 12.2. The molecule has 0 unspecified atom stereocenters. The fraction of sp³-hybridized carbons (Fsp3) is 0.214. The van der Waals surface area contributed by atoms with Crippen LogP contribution in [0.2, 0.25) is 0 Å². The molecule has 3 rings (SSSR count). The molecule has 1 heterocycles. The Balaban J connectivity index is 2.01. The second kappa shape index (κ2) is 4.13. The predicted octanol–water partition coefficient (Wildman–Crippen LogP) is 0.541. The van der Waals surface area contributed by atoms with Crippen LogP contribution in [0.15, 0.2) is 36.4 Å². The lowest BCUT2D eigenvalue weighted by Gasteiger charge is -2.27.